The average molecular weight is 264 g/mol. The van der Waals surface area contributed by atoms with Crippen molar-refractivity contribution in [3.63, 3.8) is 0 Å². The molecule has 100 valence electrons. The normalized spacial score (nSPS) is 10.7. The van der Waals surface area contributed by atoms with Gasteiger partial charge in [0, 0.05) is 28.4 Å². The van der Waals surface area contributed by atoms with Gasteiger partial charge in [0.15, 0.2) is 0 Å². The number of hydrogen-bond acceptors (Lipinski definition) is 1. The Balaban J connectivity index is 1.95. The summed E-state index contributed by atoms with van der Waals surface area (Å²) in [5.74, 6) is -0.0831. The number of rotatable bonds is 2. The third-order valence-electron chi connectivity index (χ3n) is 3.32. The second-order valence-corrected chi connectivity index (χ2v) is 5.07. The fraction of sp³-hybridized carbons (Fsp3) is 0.118. The van der Waals surface area contributed by atoms with E-state index in [1.807, 2.05) is 56.4 Å². The van der Waals surface area contributed by atoms with Crippen molar-refractivity contribution in [3.05, 3.63) is 65.4 Å². The molecule has 3 rings (SSSR count). The van der Waals surface area contributed by atoms with E-state index in [0.29, 0.717) is 5.56 Å². The number of benzene rings is 2. The van der Waals surface area contributed by atoms with Gasteiger partial charge in [-0.1, -0.05) is 12.1 Å². The van der Waals surface area contributed by atoms with Crippen LogP contribution in [0.4, 0.5) is 5.69 Å². The molecule has 1 amide bonds. The van der Waals surface area contributed by atoms with Gasteiger partial charge in [0.05, 0.1) is 0 Å². The van der Waals surface area contributed by atoms with Gasteiger partial charge < -0.3 is 10.3 Å². The molecule has 2 aromatic carbocycles. The van der Waals surface area contributed by atoms with E-state index in [1.54, 1.807) is 0 Å². The molecule has 0 spiro atoms. The van der Waals surface area contributed by atoms with Gasteiger partial charge in [-0.2, -0.15) is 0 Å². The van der Waals surface area contributed by atoms with Crippen molar-refractivity contribution in [1.82, 2.24) is 4.98 Å². The van der Waals surface area contributed by atoms with E-state index in [0.717, 1.165) is 27.7 Å². The SMILES string of the molecule is Cc1cc(C)cc(NC(=O)c2cccc3[nH]ccc23)c1. The lowest BCUT2D eigenvalue weighted by Gasteiger charge is -2.08. The Morgan fingerprint density at radius 3 is 2.55 bits per heavy atom. The average Bonchev–Trinajstić information content (AvgIpc) is 2.85. The summed E-state index contributed by atoms with van der Waals surface area (Å²) < 4.78 is 0. The summed E-state index contributed by atoms with van der Waals surface area (Å²) in [6, 6.07) is 13.6. The molecule has 0 bridgehead atoms. The number of H-pyrrole nitrogens is 1. The predicted octanol–water partition coefficient (Wildman–Crippen LogP) is 4.04. The number of hydrogen-bond donors (Lipinski definition) is 2. The molecule has 0 aliphatic rings. The van der Waals surface area contributed by atoms with Crippen LogP contribution in [0.2, 0.25) is 0 Å². The van der Waals surface area contributed by atoms with Crippen LogP contribution in [0, 0.1) is 13.8 Å². The molecule has 1 aromatic heterocycles. The fourth-order valence-electron chi connectivity index (χ4n) is 2.53. The first-order valence-electron chi connectivity index (χ1n) is 6.59. The summed E-state index contributed by atoms with van der Waals surface area (Å²) in [6.45, 7) is 4.05. The highest BCUT2D eigenvalue weighted by Crippen LogP contribution is 2.20. The minimum Gasteiger partial charge on any atom is -0.361 e. The molecule has 0 saturated heterocycles. The molecular formula is C17H16N2O. The lowest BCUT2D eigenvalue weighted by Crippen LogP contribution is -2.12. The number of nitrogens with one attached hydrogen (secondary N) is 2. The van der Waals surface area contributed by atoms with E-state index in [1.165, 1.54) is 0 Å². The molecule has 0 aliphatic heterocycles. The van der Waals surface area contributed by atoms with E-state index >= 15 is 0 Å². The monoisotopic (exact) mass is 264 g/mol. The number of carbonyl (C=O) groups excluding carboxylic acids is 1. The van der Waals surface area contributed by atoms with Crippen LogP contribution in [0.25, 0.3) is 10.9 Å². The van der Waals surface area contributed by atoms with E-state index in [9.17, 15) is 4.79 Å². The van der Waals surface area contributed by atoms with Gasteiger partial charge in [-0.3, -0.25) is 4.79 Å². The van der Waals surface area contributed by atoms with Gasteiger partial charge in [-0.25, -0.2) is 0 Å². The van der Waals surface area contributed by atoms with Crippen LogP contribution in [0.5, 0.6) is 0 Å². The maximum atomic E-state index is 12.4. The number of aromatic amines is 1. The first-order chi connectivity index (χ1) is 9.63. The molecule has 0 atom stereocenters. The lowest BCUT2D eigenvalue weighted by atomic mass is 10.1. The standard InChI is InChI=1S/C17H16N2O/c1-11-8-12(2)10-13(9-11)19-17(20)15-4-3-5-16-14(15)6-7-18-16/h3-10,18H,1-2H3,(H,19,20). The first kappa shape index (κ1) is 12.5. The van der Waals surface area contributed by atoms with Crippen molar-refractivity contribution in [2.75, 3.05) is 5.32 Å². The maximum Gasteiger partial charge on any atom is 0.256 e. The highest BCUT2D eigenvalue weighted by molar-refractivity contribution is 6.12. The Labute approximate surface area is 117 Å². The summed E-state index contributed by atoms with van der Waals surface area (Å²) >= 11 is 0. The number of amides is 1. The van der Waals surface area contributed by atoms with Crippen molar-refractivity contribution >= 4 is 22.5 Å². The zero-order valence-electron chi connectivity index (χ0n) is 11.5. The van der Waals surface area contributed by atoms with Crippen LogP contribution in [0.15, 0.2) is 48.7 Å². The Morgan fingerprint density at radius 1 is 1.05 bits per heavy atom. The molecule has 0 aliphatic carbocycles. The second-order valence-electron chi connectivity index (χ2n) is 5.07. The Bertz CT molecular complexity index is 766. The highest BCUT2D eigenvalue weighted by Gasteiger charge is 2.10. The molecule has 2 N–H and O–H groups in total. The topological polar surface area (TPSA) is 44.9 Å². The Hall–Kier alpha value is -2.55. The molecular weight excluding hydrogens is 248 g/mol. The molecule has 0 radical (unpaired) electrons. The molecule has 1 heterocycles. The zero-order chi connectivity index (χ0) is 14.1. The minimum atomic E-state index is -0.0831. The molecule has 0 fully saturated rings. The van der Waals surface area contributed by atoms with Crippen molar-refractivity contribution in [1.29, 1.82) is 0 Å². The maximum absolute atomic E-state index is 12.4. The number of anilines is 1. The molecule has 3 nitrogen and oxygen atoms in total. The largest absolute Gasteiger partial charge is 0.361 e. The van der Waals surface area contributed by atoms with Crippen LogP contribution in [-0.2, 0) is 0 Å². The summed E-state index contributed by atoms with van der Waals surface area (Å²) in [5.41, 5.74) is 4.77. The van der Waals surface area contributed by atoms with Gasteiger partial charge in [0.2, 0.25) is 0 Å². The third-order valence-corrected chi connectivity index (χ3v) is 3.32. The smallest absolute Gasteiger partial charge is 0.256 e. The lowest BCUT2D eigenvalue weighted by molar-refractivity contribution is 0.102. The third kappa shape index (κ3) is 2.30. The zero-order valence-corrected chi connectivity index (χ0v) is 11.5. The Kier molecular flexibility index (Phi) is 3.03. The van der Waals surface area contributed by atoms with Crippen LogP contribution in [-0.4, -0.2) is 10.9 Å². The van der Waals surface area contributed by atoms with Crippen molar-refractivity contribution in [2.45, 2.75) is 13.8 Å². The number of fused-ring (bicyclic) bond motifs is 1. The number of aromatic nitrogens is 1. The minimum absolute atomic E-state index is 0.0831. The second kappa shape index (κ2) is 4.85. The number of carbonyl (C=O) groups is 1. The predicted molar refractivity (Wildman–Crippen MR) is 82.2 cm³/mol. The highest BCUT2D eigenvalue weighted by atomic mass is 16.1. The summed E-state index contributed by atoms with van der Waals surface area (Å²) in [6.07, 6.45) is 1.85. The van der Waals surface area contributed by atoms with Gasteiger partial charge in [0.1, 0.15) is 0 Å². The van der Waals surface area contributed by atoms with Crippen LogP contribution < -0.4 is 5.32 Å². The van der Waals surface area contributed by atoms with Gasteiger partial charge in [0.25, 0.3) is 5.91 Å². The van der Waals surface area contributed by atoms with E-state index in [-0.39, 0.29) is 5.91 Å². The van der Waals surface area contributed by atoms with Gasteiger partial charge in [-0.15, -0.1) is 0 Å². The molecule has 20 heavy (non-hydrogen) atoms. The van der Waals surface area contributed by atoms with Gasteiger partial charge >= 0.3 is 0 Å². The van der Waals surface area contributed by atoms with Crippen LogP contribution in [0.3, 0.4) is 0 Å². The van der Waals surface area contributed by atoms with Crippen LogP contribution >= 0.6 is 0 Å². The number of aryl methyl sites for hydroxylation is 2. The van der Waals surface area contributed by atoms with Gasteiger partial charge in [-0.05, 0) is 55.3 Å². The van der Waals surface area contributed by atoms with Crippen molar-refractivity contribution in [2.24, 2.45) is 0 Å². The Morgan fingerprint density at radius 2 is 1.80 bits per heavy atom. The molecule has 3 aromatic rings. The van der Waals surface area contributed by atoms with E-state index in [4.69, 9.17) is 0 Å². The van der Waals surface area contributed by atoms with Crippen molar-refractivity contribution in [3.8, 4) is 0 Å². The van der Waals surface area contributed by atoms with E-state index < -0.39 is 0 Å². The summed E-state index contributed by atoms with van der Waals surface area (Å²) in [7, 11) is 0. The fourth-order valence-corrected chi connectivity index (χ4v) is 2.53. The van der Waals surface area contributed by atoms with Crippen LogP contribution in [0.1, 0.15) is 21.5 Å². The van der Waals surface area contributed by atoms with E-state index in [2.05, 4.69) is 16.4 Å². The summed E-state index contributed by atoms with van der Waals surface area (Å²) in [4.78, 5) is 15.5. The molecule has 0 unspecified atom stereocenters. The molecule has 3 heteroatoms. The molecule has 0 saturated carbocycles. The quantitative estimate of drug-likeness (QED) is 0.721. The van der Waals surface area contributed by atoms with Crippen molar-refractivity contribution < 1.29 is 4.79 Å². The first-order valence-corrected chi connectivity index (χ1v) is 6.59. The summed E-state index contributed by atoms with van der Waals surface area (Å²) in [5, 5.41) is 3.91.